The summed E-state index contributed by atoms with van der Waals surface area (Å²) >= 11 is 1.51. The summed E-state index contributed by atoms with van der Waals surface area (Å²) in [5, 5.41) is 6.00. The van der Waals surface area contributed by atoms with E-state index in [2.05, 4.69) is 24.6 Å². The second kappa shape index (κ2) is 7.64. The summed E-state index contributed by atoms with van der Waals surface area (Å²) < 4.78 is 6.68. The highest BCUT2D eigenvalue weighted by molar-refractivity contribution is 7.13. The van der Waals surface area contributed by atoms with E-state index in [1.54, 1.807) is 6.20 Å². The number of carbonyl (C=O) groups excluding carboxylic acids is 1. The highest BCUT2D eigenvalue weighted by Crippen LogP contribution is 2.16. The third kappa shape index (κ3) is 4.65. The molecule has 2 rings (SSSR count). The number of rotatable bonds is 8. The maximum absolute atomic E-state index is 11.1. The largest absolute Gasteiger partial charge is 0.469 e. The number of hydrogen-bond acceptors (Lipinski definition) is 6. The fourth-order valence-corrected chi connectivity index (χ4v) is 2.46. The van der Waals surface area contributed by atoms with Crippen LogP contribution in [0.25, 0.3) is 0 Å². The van der Waals surface area contributed by atoms with Crippen molar-refractivity contribution >= 4 is 22.4 Å². The number of carbonyl (C=O) groups is 1. The van der Waals surface area contributed by atoms with Crippen molar-refractivity contribution in [2.75, 3.05) is 19.0 Å². The van der Waals surface area contributed by atoms with Crippen molar-refractivity contribution in [2.45, 2.75) is 25.8 Å². The number of anilines is 1. The fourth-order valence-electron chi connectivity index (χ4n) is 1.72. The van der Waals surface area contributed by atoms with E-state index in [0.29, 0.717) is 0 Å². The molecule has 2 aromatic rings. The van der Waals surface area contributed by atoms with Crippen molar-refractivity contribution in [3.8, 4) is 0 Å². The normalized spacial score (nSPS) is 10.4. The molecule has 0 radical (unpaired) electrons. The lowest BCUT2D eigenvalue weighted by Crippen LogP contribution is -2.06. The van der Waals surface area contributed by atoms with Gasteiger partial charge >= 0.3 is 5.97 Å². The first-order valence-electron chi connectivity index (χ1n) is 6.49. The Kier molecular flexibility index (Phi) is 5.55. The van der Waals surface area contributed by atoms with Gasteiger partial charge in [0.15, 0.2) is 5.13 Å². The molecule has 0 amide bonds. The van der Waals surface area contributed by atoms with Crippen molar-refractivity contribution in [1.82, 2.24) is 14.5 Å². The zero-order valence-corrected chi connectivity index (χ0v) is 12.2. The van der Waals surface area contributed by atoms with Gasteiger partial charge in [-0.1, -0.05) is 0 Å². The van der Waals surface area contributed by atoms with Gasteiger partial charge in [-0.15, -0.1) is 11.3 Å². The summed E-state index contributed by atoms with van der Waals surface area (Å²) in [4.78, 5) is 19.5. The average molecular weight is 294 g/mol. The molecular weight excluding hydrogens is 276 g/mol. The number of imidazole rings is 1. The summed E-state index contributed by atoms with van der Waals surface area (Å²) in [5.74, 6) is -0.262. The van der Waals surface area contributed by atoms with Crippen LogP contribution < -0.4 is 5.32 Å². The number of nitrogens with zero attached hydrogens (tertiary/aromatic N) is 3. The number of ether oxygens (including phenoxy) is 1. The van der Waals surface area contributed by atoms with E-state index in [-0.39, 0.29) is 12.4 Å². The Hall–Kier alpha value is -1.89. The maximum atomic E-state index is 11.1. The van der Waals surface area contributed by atoms with Crippen molar-refractivity contribution in [3.05, 3.63) is 29.8 Å². The van der Waals surface area contributed by atoms with Crippen LogP contribution in [0, 0.1) is 0 Å². The van der Waals surface area contributed by atoms with Crippen LogP contribution in [-0.2, 0) is 22.5 Å². The number of aromatic nitrogens is 3. The summed E-state index contributed by atoms with van der Waals surface area (Å²) in [5.41, 5.74) is 0.753. The fraction of sp³-hybridized carbons (Fsp3) is 0.462. The molecule has 0 saturated heterocycles. The molecule has 0 fully saturated rings. The van der Waals surface area contributed by atoms with Crippen molar-refractivity contribution in [1.29, 1.82) is 0 Å². The predicted octanol–water partition coefficient (Wildman–Crippen LogP) is 1.95. The minimum Gasteiger partial charge on any atom is -0.469 e. The van der Waals surface area contributed by atoms with E-state index < -0.39 is 0 Å². The Labute approximate surface area is 121 Å². The van der Waals surface area contributed by atoms with E-state index in [0.717, 1.165) is 36.8 Å². The molecule has 2 aromatic heterocycles. The monoisotopic (exact) mass is 294 g/mol. The van der Waals surface area contributed by atoms with Gasteiger partial charge in [-0.05, 0) is 12.8 Å². The molecule has 0 spiro atoms. The van der Waals surface area contributed by atoms with Crippen LogP contribution in [0.5, 0.6) is 0 Å². The van der Waals surface area contributed by atoms with Gasteiger partial charge < -0.3 is 14.6 Å². The lowest BCUT2D eigenvalue weighted by Gasteiger charge is -2.03. The molecule has 0 atom stereocenters. The van der Waals surface area contributed by atoms with Crippen LogP contribution in [-0.4, -0.2) is 34.2 Å². The number of aryl methyl sites for hydroxylation is 1. The maximum Gasteiger partial charge on any atom is 0.311 e. The molecule has 2 heterocycles. The Morgan fingerprint density at radius 3 is 3.15 bits per heavy atom. The topological polar surface area (TPSA) is 69.0 Å². The van der Waals surface area contributed by atoms with Crippen LogP contribution in [0.3, 0.4) is 0 Å². The molecule has 0 saturated carbocycles. The van der Waals surface area contributed by atoms with Gasteiger partial charge in [0.25, 0.3) is 0 Å². The van der Waals surface area contributed by atoms with Gasteiger partial charge in [-0.2, -0.15) is 0 Å². The number of methoxy groups -OCH3 is 1. The Morgan fingerprint density at radius 1 is 1.50 bits per heavy atom. The third-order valence-corrected chi connectivity index (χ3v) is 3.63. The number of nitrogens with one attached hydrogen (secondary N) is 1. The van der Waals surface area contributed by atoms with E-state index in [4.69, 9.17) is 0 Å². The molecule has 0 aliphatic carbocycles. The number of thiazole rings is 1. The van der Waals surface area contributed by atoms with Crippen LogP contribution in [0.2, 0.25) is 0 Å². The second-order valence-electron chi connectivity index (χ2n) is 4.33. The van der Waals surface area contributed by atoms with E-state index in [1.807, 2.05) is 17.9 Å². The molecule has 0 aliphatic rings. The summed E-state index contributed by atoms with van der Waals surface area (Å²) in [7, 11) is 1.38. The lowest BCUT2D eigenvalue weighted by molar-refractivity contribution is -0.139. The van der Waals surface area contributed by atoms with Crippen LogP contribution >= 0.6 is 11.3 Å². The molecule has 0 unspecified atom stereocenters. The van der Waals surface area contributed by atoms with E-state index in [1.165, 1.54) is 18.4 Å². The molecule has 1 N–H and O–H groups in total. The highest BCUT2D eigenvalue weighted by Gasteiger charge is 2.07. The van der Waals surface area contributed by atoms with Crippen LogP contribution in [0.4, 0.5) is 5.13 Å². The Balaban J connectivity index is 1.63. The second-order valence-corrected chi connectivity index (χ2v) is 5.19. The van der Waals surface area contributed by atoms with Gasteiger partial charge in [0, 0.05) is 30.9 Å². The molecule has 6 nitrogen and oxygen atoms in total. The SMILES string of the molecule is COC(=O)Cc1csc(NCCCCn2ccnc2)n1. The van der Waals surface area contributed by atoms with Crippen molar-refractivity contribution < 1.29 is 9.53 Å². The minimum absolute atomic E-state index is 0.231. The Bertz CT molecular complexity index is 524. The van der Waals surface area contributed by atoms with Crippen LogP contribution in [0.1, 0.15) is 18.5 Å². The molecule has 0 aliphatic heterocycles. The lowest BCUT2D eigenvalue weighted by atomic mass is 10.3. The molecule has 20 heavy (non-hydrogen) atoms. The first-order valence-corrected chi connectivity index (χ1v) is 7.36. The number of esters is 1. The number of unbranched alkanes of at least 4 members (excludes halogenated alkanes) is 1. The minimum atomic E-state index is -0.262. The van der Waals surface area contributed by atoms with Gasteiger partial charge in [-0.25, -0.2) is 9.97 Å². The first kappa shape index (κ1) is 14.5. The van der Waals surface area contributed by atoms with E-state index >= 15 is 0 Å². The van der Waals surface area contributed by atoms with Crippen LogP contribution in [0.15, 0.2) is 24.1 Å². The first-order chi connectivity index (χ1) is 9.78. The Morgan fingerprint density at radius 2 is 2.40 bits per heavy atom. The molecular formula is C13H18N4O2S. The zero-order valence-electron chi connectivity index (χ0n) is 11.4. The molecule has 7 heteroatoms. The standard InChI is InChI=1S/C13H18N4O2S/c1-19-12(18)8-11-9-20-13(16-11)15-4-2-3-6-17-7-5-14-10-17/h5,7,9-10H,2-4,6,8H2,1H3,(H,15,16). The van der Waals surface area contributed by atoms with Gasteiger partial charge in [0.1, 0.15) is 0 Å². The summed E-state index contributed by atoms with van der Waals surface area (Å²) in [6, 6.07) is 0. The van der Waals surface area contributed by atoms with Gasteiger partial charge in [0.05, 0.1) is 25.6 Å². The summed E-state index contributed by atoms with van der Waals surface area (Å²) in [6.07, 6.45) is 7.96. The third-order valence-electron chi connectivity index (χ3n) is 2.78. The average Bonchev–Trinajstić information content (AvgIpc) is 3.10. The molecule has 0 aromatic carbocycles. The van der Waals surface area contributed by atoms with Gasteiger partial charge in [0.2, 0.25) is 0 Å². The van der Waals surface area contributed by atoms with Crippen molar-refractivity contribution in [2.24, 2.45) is 0 Å². The predicted molar refractivity (Wildman–Crippen MR) is 77.8 cm³/mol. The van der Waals surface area contributed by atoms with E-state index in [9.17, 15) is 4.79 Å². The zero-order chi connectivity index (χ0) is 14.2. The summed E-state index contributed by atoms with van der Waals surface area (Å²) in [6.45, 7) is 1.85. The molecule has 0 bridgehead atoms. The molecule has 108 valence electrons. The number of hydrogen-bond donors (Lipinski definition) is 1. The quantitative estimate of drug-likeness (QED) is 0.595. The van der Waals surface area contributed by atoms with Gasteiger partial charge in [-0.3, -0.25) is 4.79 Å². The smallest absolute Gasteiger partial charge is 0.311 e. The van der Waals surface area contributed by atoms with Crippen molar-refractivity contribution in [3.63, 3.8) is 0 Å². The highest BCUT2D eigenvalue weighted by atomic mass is 32.1.